The van der Waals surface area contributed by atoms with E-state index in [1.54, 1.807) is 19.1 Å². The number of carboxylic acid groups (broad SMARTS) is 1. The predicted octanol–water partition coefficient (Wildman–Crippen LogP) is 6.08. The van der Waals surface area contributed by atoms with Crippen molar-refractivity contribution in [3.05, 3.63) is 87.4 Å². The topological polar surface area (TPSA) is 108 Å². The fraction of sp³-hybridized carbons (Fsp3) is 0.231. The average Bonchev–Trinajstić information content (AvgIpc) is 3.35. The summed E-state index contributed by atoms with van der Waals surface area (Å²) in [6, 6.07) is 7.75. The number of rotatable bonds is 5. The van der Waals surface area contributed by atoms with Crippen molar-refractivity contribution >= 4 is 28.9 Å². The van der Waals surface area contributed by atoms with Gasteiger partial charge in [0.1, 0.15) is 28.1 Å². The fourth-order valence-electron chi connectivity index (χ4n) is 4.54. The van der Waals surface area contributed by atoms with Crippen LogP contribution in [0.15, 0.2) is 48.8 Å². The van der Waals surface area contributed by atoms with E-state index < -0.39 is 34.7 Å². The van der Waals surface area contributed by atoms with Gasteiger partial charge in [-0.1, -0.05) is 6.07 Å². The highest BCUT2D eigenvalue weighted by Crippen LogP contribution is 2.44. The lowest BCUT2D eigenvalue weighted by Gasteiger charge is -2.33. The zero-order chi connectivity index (χ0) is 27.2. The molecule has 0 spiro atoms. The van der Waals surface area contributed by atoms with Crippen LogP contribution in [0.5, 0.6) is 0 Å². The summed E-state index contributed by atoms with van der Waals surface area (Å²) in [4.78, 5) is 24.7. The molecule has 7 nitrogen and oxygen atoms in total. The summed E-state index contributed by atoms with van der Waals surface area (Å²) in [5.74, 6) is -1.99. The van der Waals surface area contributed by atoms with E-state index in [-0.39, 0.29) is 29.2 Å². The first kappa shape index (κ1) is 25.7. The van der Waals surface area contributed by atoms with Crippen LogP contribution in [0.2, 0.25) is 0 Å². The van der Waals surface area contributed by atoms with Gasteiger partial charge in [0.15, 0.2) is 0 Å². The van der Waals surface area contributed by atoms with Gasteiger partial charge in [0.2, 0.25) is 0 Å². The number of pyridine rings is 2. The van der Waals surface area contributed by atoms with Crippen LogP contribution >= 0.6 is 11.3 Å². The number of aromatic nitrogens is 3. The Labute approximate surface area is 217 Å². The molecule has 1 aromatic carbocycles. The molecule has 0 fully saturated rings. The van der Waals surface area contributed by atoms with E-state index in [9.17, 15) is 32.6 Å². The zero-order valence-electron chi connectivity index (χ0n) is 19.8. The van der Waals surface area contributed by atoms with Crippen LogP contribution in [0, 0.1) is 12.7 Å². The largest absolute Gasteiger partial charge is 0.478 e. The number of aromatic carboxylic acids is 1. The van der Waals surface area contributed by atoms with Gasteiger partial charge in [-0.05, 0) is 73.2 Å². The maximum atomic E-state index is 14.9. The molecule has 1 atom stereocenters. The number of carbonyl (C=O) groups is 1. The second-order valence-electron chi connectivity index (χ2n) is 8.97. The average molecular weight is 545 g/mol. The van der Waals surface area contributed by atoms with Gasteiger partial charge in [-0.15, -0.1) is 11.3 Å². The molecule has 0 amide bonds. The number of hydrogen-bond donors (Lipinski definition) is 3. The summed E-state index contributed by atoms with van der Waals surface area (Å²) in [5, 5.41) is 24.0. The molecule has 3 aromatic heterocycles. The minimum Gasteiger partial charge on any atom is -0.478 e. The van der Waals surface area contributed by atoms with Crippen LogP contribution in [0.1, 0.15) is 50.5 Å². The summed E-state index contributed by atoms with van der Waals surface area (Å²) >= 11 is 1.15. The molecule has 12 heteroatoms. The number of aryl methyl sites for hydroxylation is 1. The maximum Gasteiger partial charge on any atom is 0.416 e. The van der Waals surface area contributed by atoms with E-state index in [0.29, 0.717) is 28.4 Å². The van der Waals surface area contributed by atoms with Crippen molar-refractivity contribution in [2.75, 3.05) is 5.32 Å². The summed E-state index contributed by atoms with van der Waals surface area (Å²) < 4.78 is 54.1. The number of aliphatic hydroxyl groups is 1. The molecule has 1 aliphatic rings. The lowest BCUT2D eigenvalue weighted by molar-refractivity contribution is -0.137. The molecular formula is C26H20F4N4O3S. The van der Waals surface area contributed by atoms with Gasteiger partial charge < -0.3 is 15.5 Å². The Bertz CT molecular complexity index is 1560. The molecule has 196 valence electrons. The molecule has 5 rings (SSSR count). The van der Waals surface area contributed by atoms with Gasteiger partial charge in [-0.25, -0.2) is 24.1 Å². The number of hydrogen-bond acceptors (Lipinski definition) is 7. The number of alkyl halides is 3. The third kappa shape index (κ3) is 4.72. The Kier molecular flexibility index (Phi) is 6.40. The Morgan fingerprint density at radius 3 is 2.66 bits per heavy atom. The van der Waals surface area contributed by atoms with Gasteiger partial charge in [-0.2, -0.15) is 13.2 Å². The second-order valence-corrected chi connectivity index (χ2v) is 10.0. The molecule has 3 heterocycles. The molecule has 0 bridgehead atoms. The second kappa shape index (κ2) is 9.44. The number of benzene rings is 1. The van der Waals surface area contributed by atoms with Crippen LogP contribution in [0.25, 0.3) is 10.6 Å². The number of halogens is 4. The molecule has 0 unspecified atom stereocenters. The number of nitrogens with one attached hydrogen (secondary N) is 1. The van der Waals surface area contributed by atoms with Crippen molar-refractivity contribution in [2.45, 2.75) is 38.0 Å². The highest BCUT2D eigenvalue weighted by atomic mass is 32.1. The Morgan fingerprint density at radius 2 is 1.92 bits per heavy atom. The lowest BCUT2D eigenvalue weighted by atomic mass is 9.78. The van der Waals surface area contributed by atoms with Crippen molar-refractivity contribution < 1.29 is 32.6 Å². The van der Waals surface area contributed by atoms with Gasteiger partial charge in [0.05, 0.1) is 21.7 Å². The quantitative estimate of drug-likeness (QED) is 0.261. The van der Waals surface area contributed by atoms with Gasteiger partial charge in [-0.3, -0.25) is 0 Å². The fourth-order valence-corrected chi connectivity index (χ4v) is 5.55. The van der Waals surface area contributed by atoms with Crippen molar-refractivity contribution in [3.8, 4) is 10.6 Å². The summed E-state index contributed by atoms with van der Waals surface area (Å²) in [6.45, 7) is 1.80. The van der Waals surface area contributed by atoms with E-state index in [1.165, 1.54) is 12.3 Å². The van der Waals surface area contributed by atoms with Crippen molar-refractivity contribution in [2.24, 2.45) is 0 Å². The van der Waals surface area contributed by atoms with Crippen molar-refractivity contribution in [3.63, 3.8) is 0 Å². The molecule has 38 heavy (non-hydrogen) atoms. The molecule has 0 saturated heterocycles. The lowest BCUT2D eigenvalue weighted by Crippen LogP contribution is -2.32. The van der Waals surface area contributed by atoms with E-state index >= 15 is 0 Å². The Balaban J connectivity index is 1.48. The first-order valence-corrected chi connectivity index (χ1v) is 12.3. The molecule has 0 radical (unpaired) electrons. The van der Waals surface area contributed by atoms with E-state index in [0.717, 1.165) is 41.3 Å². The highest BCUT2D eigenvalue weighted by Gasteiger charge is 2.41. The van der Waals surface area contributed by atoms with Crippen LogP contribution in [0.3, 0.4) is 0 Å². The monoisotopic (exact) mass is 544 g/mol. The minimum atomic E-state index is -4.51. The Hall–Kier alpha value is -3.90. The molecular weight excluding hydrogens is 524 g/mol. The molecule has 1 aliphatic carbocycles. The molecule has 4 aromatic rings. The van der Waals surface area contributed by atoms with Crippen LogP contribution in [0.4, 0.5) is 29.2 Å². The number of fused-ring (bicyclic) bond motifs is 1. The van der Waals surface area contributed by atoms with Crippen molar-refractivity contribution in [1.82, 2.24) is 15.0 Å². The smallest absolute Gasteiger partial charge is 0.416 e. The van der Waals surface area contributed by atoms with Crippen LogP contribution in [-0.4, -0.2) is 31.1 Å². The van der Waals surface area contributed by atoms with Gasteiger partial charge in [0, 0.05) is 12.4 Å². The third-order valence-corrected chi connectivity index (χ3v) is 7.48. The van der Waals surface area contributed by atoms with E-state index in [2.05, 4.69) is 20.3 Å². The van der Waals surface area contributed by atoms with E-state index in [4.69, 9.17) is 0 Å². The van der Waals surface area contributed by atoms with E-state index in [1.807, 2.05) is 0 Å². The predicted molar refractivity (Wildman–Crippen MR) is 132 cm³/mol. The van der Waals surface area contributed by atoms with Gasteiger partial charge in [0.25, 0.3) is 0 Å². The summed E-state index contributed by atoms with van der Waals surface area (Å²) in [7, 11) is 0. The zero-order valence-corrected chi connectivity index (χ0v) is 20.6. The molecule has 0 aliphatic heterocycles. The van der Waals surface area contributed by atoms with Crippen molar-refractivity contribution in [1.29, 1.82) is 0 Å². The summed E-state index contributed by atoms with van der Waals surface area (Å²) in [6.07, 6.45) is -0.946. The Morgan fingerprint density at radius 1 is 1.13 bits per heavy atom. The maximum absolute atomic E-state index is 14.9. The number of carboxylic acids is 1. The number of anilines is 2. The summed E-state index contributed by atoms with van der Waals surface area (Å²) in [5.41, 5.74) is -1.23. The van der Waals surface area contributed by atoms with Gasteiger partial charge >= 0.3 is 12.1 Å². The SMILES string of the molecule is Cc1cc(Nc2cc(C(F)(F)F)ccn2)nc(-c2cnc([C@]3(O)CCCc4c3ccc(C(=O)O)c4F)s2)c1. The highest BCUT2D eigenvalue weighted by molar-refractivity contribution is 7.15. The first-order chi connectivity index (χ1) is 18.0. The third-order valence-electron chi connectivity index (χ3n) is 6.31. The van der Waals surface area contributed by atoms with Crippen LogP contribution in [-0.2, 0) is 18.2 Å². The minimum absolute atomic E-state index is 0.0234. The number of thiazole rings is 1. The molecule has 3 N–H and O–H groups in total. The first-order valence-electron chi connectivity index (χ1n) is 11.5. The van der Waals surface area contributed by atoms with Crippen LogP contribution < -0.4 is 5.32 Å². The normalized spacial score (nSPS) is 17.2. The molecule has 0 saturated carbocycles. The number of nitrogens with zero attached hydrogens (tertiary/aromatic N) is 3. The standard InChI is InChI=1S/C26H20F4N4O3S/c1-13-9-18(33-21(10-13)34-20-11-14(6-8-31-20)26(28,29)30)19-12-32-24(38-19)25(37)7-2-3-15-17(25)5-4-16(22(15)27)23(35)36/h4-6,8-12,37H,2-3,7H2,1H3,(H,35,36)(H,31,33,34)/t25-/m0/s1.